The molecule has 28 heavy (non-hydrogen) atoms. The average molecular weight is 389 g/mol. The number of rotatable bonds is 8. The molecule has 0 heterocycles. The van der Waals surface area contributed by atoms with Gasteiger partial charge in [0.05, 0.1) is 0 Å². The number of hydrogen-bond donors (Lipinski definition) is 0. The van der Waals surface area contributed by atoms with Crippen LogP contribution in [0.1, 0.15) is 95.9 Å². The summed E-state index contributed by atoms with van der Waals surface area (Å²) in [5.41, 5.74) is 2.55. The van der Waals surface area contributed by atoms with Crippen LogP contribution in [-0.2, 0) is 0 Å². The molecule has 0 saturated carbocycles. The van der Waals surface area contributed by atoms with Gasteiger partial charge in [-0.15, -0.1) is 12.5 Å². The van der Waals surface area contributed by atoms with Crippen LogP contribution in [0.5, 0.6) is 0 Å². The third-order valence-electron chi connectivity index (χ3n) is 3.40. The van der Waals surface area contributed by atoms with Crippen LogP contribution in [0.25, 0.3) is 0 Å². The zero-order valence-corrected chi connectivity index (χ0v) is 21.4. The summed E-state index contributed by atoms with van der Waals surface area (Å²) < 4.78 is 0. The number of hydrogen-bond acceptors (Lipinski definition) is 0. The van der Waals surface area contributed by atoms with Gasteiger partial charge in [-0.05, 0) is 37.3 Å². The highest BCUT2D eigenvalue weighted by molar-refractivity contribution is 5.35. The van der Waals surface area contributed by atoms with Gasteiger partial charge in [-0.3, -0.25) is 0 Å². The van der Waals surface area contributed by atoms with E-state index in [0.717, 1.165) is 12.8 Å². The average Bonchev–Trinajstić information content (AvgIpc) is 2.79. The van der Waals surface area contributed by atoms with Crippen molar-refractivity contribution in [3.63, 3.8) is 0 Å². The van der Waals surface area contributed by atoms with E-state index >= 15 is 0 Å². The summed E-state index contributed by atoms with van der Waals surface area (Å²) in [5.74, 6) is 6.72. The van der Waals surface area contributed by atoms with Gasteiger partial charge < -0.3 is 0 Å². The molecule has 0 aliphatic heterocycles. The lowest BCUT2D eigenvalue weighted by atomic mass is 9.91. The van der Waals surface area contributed by atoms with Crippen LogP contribution in [0, 0.1) is 23.7 Å². The molecule has 0 amide bonds. The molecule has 0 saturated heterocycles. The molecule has 0 heteroatoms. The van der Waals surface area contributed by atoms with Crippen molar-refractivity contribution in [1.29, 1.82) is 0 Å². The van der Waals surface area contributed by atoms with Gasteiger partial charge in [-0.25, -0.2) is 0 Å². The summed E-state index contributed by atoms with van der Waals surface area (Å²) in [5, 5.41) is 0. The molecule has 0 bridgehead atoms. The Morgan fingerprint density at radius 2 is 1.43 bits per heavy atom. The molecule has 0 nitrogen and oxygen atoms in total. The molecule has 0 radical (unpaired) electrons. The molecule has 0 aromatic heterocycles. The Hall–Kier alpha value is -1.74. The maximum atomic E-state index is 3.93. The van der Waals surface area contributed by atoms with Crippen LogP contribution in [0.15, 0.2) is 60.8 Å². The smallest absolute Gasteiger partial charge is 0.0269 e. The fourth-order valence-electron chi connectivity index (χ4n) is 2.07. The van der Waals surface area contributed by atoms with Crippen molar-refractivity contribution >= 4 is 0 Å². The monoisotopic (exact) mass is 388 g/mol. The first-order valence-corrected chi connectivity index (χ1v) is 11.3. The van der Waals surface area contributed by atoms with Crippen LogP contribution in [0.4, 0.5) is 0 Å². The van der Waals surface area contributed by atoms with Crippen molar-refractivity contribution in [2.24, 2.45) is 11.8 Å². The fourth-order valence-corrected chi connectivity index (χ4v) is 2.07. The summed E-state index contributed by atoms with van der Waals surface area (Å²) in [6.45, 7) is 32.2. The molecule has 0 aliphatic carbocycles. The van der Waals surface area contributed by atoms with Gasteiger partial charge in [0.15, 0.2) is 0 Å². The van der Waals surface area contributed by atoms with Crippen LogP contribution in [-0.4, -0.2) is 0 Å². The van der Waals surface area contributed by atoms with Gasteiger partial charge in [0.25, 0.3) is 0 Å². The summed E-state index contributed by atoms with van der Waals surface area (Å²) >= 11 is 0. The zero-order chi connectivity index (χ0) is 23.4. The minimum Gasteiger partial charge on any atom is -0.106 e. The molecular weight excluding hydrogens is 336 g/mol. The fraction of sp³-hybridized carbons (Fsp3) is 0.571. The summed E-state index contributed by atoms with van der Waals surface area (Å²) in [6.07, 6.45) is 14.6. The predicted molar refractivity (Wildman–Crippen MR) is 138 cm³/mol. The highest BCUT2D eigenvalue weighted by Gasteiger charge is 2.08. The van der Waals surface area contributed by atoms with Crippen molar-refractivity contribution in [3.8, 4) is 11.8 Å². The van der Waals surface area contributed by atoms with E-state index in [4.69, 9.17) is 0 Å². The quantitative estimate of drug-likeness (QED) is 0.220. The molecule has 0 aromatic carbocycles. The highest BCUT2D eigenvalue weighted by Crippen LogP contribution is 2.23. The maximum absolute atomic E-state index is 3.93. The van der Waals surface area contributed by atoms with E-state index in [-0.39, 0.29) is 0 Å². The molecule has 2 atom stereocenters. The van der Waals surface area contributed by atoms with Crippen molar-refractivity contribution in [2.75, 3.05) is 0 Å². The minimum atomic E-state index is 0.379. The minimum absolute atomic E-state index is 0.379. The first-order chi connectivity index (χ1) is 13.6. The Labute approximate surface area is 180 Å². The molecular formula is C28H52. The molecule has 164 valence electrons. The van der Waals surface area contributed by atoms with Gasteiger partial charge in [-0.2, -0.15) is 0 Å². The Balaban J connectivity index is -0.000000194. The van der Waals surface area contributed by atoms with E-state index in [2.05, 4.69) is 70.1 Å². The lowest BCUT2D eigenvalue weighted by Gasteiger charge is -2.14. The van der Waals surface area contributed by atoms with E-state index in [1.54, 1.807) is 0 Å². The van der Waals surface area contributed by atoms with Crippen molar-refractivity contribution in [1.82, 2.24) is 0 Å². The lowest BCUT2D eigenvalue weighted by Crippen LogP contribution is -2.00. The third kappa shape index (κ3) is 22.3. The van der Waals surface area contributed by atoms with E-state index in [1.165, 1.54) is 11.1 Å². The Bertz CT molecular complexity index is 446. The second-order valence-electron chi connectivity index (χ2n) is 4.74. The molecule has 0 N–H and O–H groups in total. The van der Waals surface area contributed by atoms with Gasteiger partial charge in [-0.1, -0.05) is 118 Å². The Kier molecular flexibility index (Phi) is 48.0. The maximum Gasteiger partial charge on any atom is 0.0269 e. The third-order valence-corrected chi connectivity index (χ3v) is 3.40. The van der Waals surface area contributed by atoms with Gasteiger partial charge in [0.1, 0.15) is 0 Å². The Morgan fingerprint density at radius 3 is 1.75 bits per heavy atom. The van der Waals surface area contributed by atoms with Gasteiger partial charge in [0.2, 0.25) is 0 Å². The molecule has 0 aromatic rings. The van der Waals surface area contributed by atoms with Crippen molar-refractivity contribution < 1.29 is 0 Å². The lowest BCUT2D eigenvalue weighted by molar-refractivity contribution is 0.741. The first kappa shape index (κ1) is 37.1. The first-order valence-electron chi connectivity index (χ1n) is 11.3. The number of allylic oxidation sites excluding steroid dienone is 8. The van der Waals surface area contributed by atoms with Gasteiger partial charge >= 0.3 is 0 Å². The normalized spacial score (nSPS) is 11.9. The topological polar surface area (TPSA) is 0 Å². The van der Waals surface area contributed by atoms with E-state index in [1.807, 2.05) is 74.5 Å². The van der Waals surface area contributed by atoms with E-state index in [9.17, 15) is 0 Å². The second-order valence-corrected chi connectivity index (χ2v) is 4.74. The van der Waals surface area contributed by atoms with E-state index in [0.29, 0.717) is 11.8 Å². The summed E-state index contributed by atoms with van der Waals surface area (Å²) in [4.78, 5) is 0. The highest BCUT2D eigenvalue weighted by atomic mass is 14.1. The van der Waals surface area contributed by atoms with Gasteiger partial charge in [0, 0.05) is 12.3 Å². The molecule has 0 aliphatic rings. The van der Waals surface area contributed by atoms with Crippen molar-refractivity contribution in [3.05, 3.63) is 60.8 Å². The summed E-state index contributed by atoms with van der Waals surface area (Å²) in [7, 11) is 0. The van der Waals surface area contributed by atoms with E-state index < -0.39 is 0 Å². The largest absolute Gasteiger partial charge is 0.106 e. The Morgan fingerprint density at radius 1 is 0.929 bits per heavy atom. The van der Waals surface area contributed by atoms with Crippen LogP contribution in [0.2, 0.25) is 0 Å². The molecule has 2 unspecified atom stereocenters. The second kappa shape index (κ2) is 36.2. The molecule has 0 spiro atoms. The van der Waals surface area contributed by atoms with Crippen LogP contribution < -0.4 is 0 Å². The van der Waals surface area contributed by atoms with Crippen LogP contribution >= 0.6 is 0 Å². The predicted octanol–water partition coefficient (Wildman–Crippen LogP) is 9.97. The molecule has 0 rings (SSSR count). The standard InChI is InChI=1S/C20H28.4C2H6/c1-7-12-13-14-15-17(6)19(10-4)16-20(11-5)18(8-2)9-3;4*1-2/h8,10-11,14-18H,2,5,9,13H2,1,3-4,6H3;4*1-2H3/b15-14-,19-10+,20-16+;;;;. The SMILES string of the molecule is C=C/C(=C\C(=C/C)C(C)/C=C\CC#CC)C(C=C)CC.CC.CC.CC.CC. The zero-order valence-electron chi connectivity index (χ0n) is 21.4. The van der Waals surface area contributed by atoms with Crippen LogP contribution in [0.3, 0.4) is 0 Å². The van der Waals surface area contributed by atoms with Crippen molar-refractivity contribution in [2.45, 2.75) is 95.9 Å². The summed E-state index contributed by atoms with van der Waals surface area (Å²) in [6, 6.07) is 0. The molecule has 0 fully saturated rings.